The Hall–Kier alpha value is -2.20. The normalized spacial score (nSPS) is 25.7. The van der Waals surface area contributed by atoms with E-state index in [1.165, 1.54) is 6.42 Å². The third-order valence-corrected chi connectivity index (χ3v) is 7.07. The van der Waals surface area contributed by atoms with Gasteiger partial charge in [0.1, 0.15) is 5.69 Å². The summed E-state index contributed by atoms with van der Waals surface area (Å²) in [5.74, 6) is 0.106. The molecule has 5 rings (SSSR count). The summed E-state index contributed by atoms with van der Waals surface area (Å²) in [6.07, 6.45) is 5.01. The van der Waals surface area contributed by atoms with E-state index >= 15 is 0 Å². The fourth-order valence-corrected chi connectivity index (χ4v) is 6.16. The molecule has 0 spiro atoms. The molecule has 1 saturated carbocycles. The summed E-state index contributed by atoms with van der Waals surface area (Å²) in [7, 11) is 0. The first-order valence-electron chi connectivity index (χ1n) is 10.4. The van der Waals surface area contributed by atoms with Crippen LogP contribution in [0.15, 0.2) is 47.1 Å². The summed E-state index contributed by atoms with van der Waals surface area (Å²) in [6.45, 7) is 8.38. The van der Waals surface area contributed by atoms with Crippen LogP contribution in [0, 0.1) is 10.8 Å². The summed E-state index contributed by atoms with van der Waals surface area (Å²) in [5, 5.41) is 0.711. The lowest BCUT2D eigenvalue weighted by molar-refractivity contribution is 0.0698. The number of likely N-dealkylation sites (tertiary alicyclic amines) is 1. The summed E-state index contributed by atoms with van der Waals surface area (Å²) >= 11 is 6.42. The Balaban J connectivity index is 1.53. The molecule has 2 unspecified atom stereocenters. The lowest BCUT2D eigenvalue weighted by atomic mass is 9.65. The van der Waals surface area contributed by atoms with Gasteiger partial charge in [0.05, 0.1) is 11.8 Å². The largest absolute Gasteiger partial charge is 0.463 e. The summed E-state index contributed by atoms with van der Waals surface area (Å²) in [6, 6.07) is 11.9. The van der Waals surface area contributed by atoms with Gasteiger partial charge < -0.3 is 13.9 Å². The highest BCUT2D eigenvalue weighted by Gasteiger charge is 2.51. The fourth-order valence-electron chi connectivity index (χ4n) is 5.97. The molecule has 2 fully saturated rings. The molecule has 2 aliphatic rings. The first kappa shape index (κ1) is 18.8. The Morgan fingerprint density at radius 1 is 1.21 bits per heavy atom. The van der Waals surface area contributed by atoms with Gasteiger partial charge >= 0.3 is 0 Å². The molecule has 4 nitrogen and oxygen atoms in total. The van der Waals surface area contributed by atoms with Gasteiger partial charge in [0.25, 0.3) is 5.91 Å². The third kappa shape index (κ3) is 3.18. The Kier molecular flexibility index (Phi) is 4.15. The molecule has 1 saturated heterocycles. The van der Waals surface area contributed by atoms with Gasteiger partial charge in [-0.3, -0.25) is 4.79 Å². The molecular formula is C24H27ClN2O2. The van der Waals surface area contributed by atoms with Gasteiger partial charge in [-0.25, -0.2) is 0 Å². The number of hydrogen-bond acceptors (Lipinski definition) is 2. The minimum Gasteiger partial charge on any atom is -0.463 e. The lowest BCUT2D eigenvalue weighted by Crippen LogP contribution is -2.38. The van der Waals surface area contributed by atoms with E-state index < -0.39 is 0 Å². The number of aromatic nitrogens is 1. The molecule has 3 aromatic rings. The highest BCUT2D eigenvalue weighted by Crippen LogP contribution is 2.52. The van der Waals surface area contributed by atoms with Crippen molar-refractivity contribution in [1.82, 2.24) is 9.47 Å². The van der Waals surface area contributed by atoms with Gasteiger partial charge in [0.15, 0.2) is 5.58 Å². The minimum atomic E-state index is 0.106. The second-order valence-electron chi connectivity index (χ2n) is 10.0. The van der Waals surface area contributed by atoms with Crippen molar-refractivity contribution in [1.29, 1.82) is 0 Å². The van der Waals surface area contributed by atoms with E-state index in [9.17, 15) is 4.79 Å². The predicted octanol–water partition coefficient (Wildman–Crippen LogP) is 5.98. The van der Waals surface area contributed by atoms with Crippen LogP contribution in [0.5, 0.6) is 0 Å². The number of hydrogen-bond donors (Lipinski definition) is 0. The molecule has 1 aromatic carbocycles. The fraction of sp³-hybridized carbons (Fsp3) is 0.458. The number of carbonyl (C=O) groups excluding carboxylic acids is 1. The van der Waals surface area contributed by atoms with Crippen LogP contribution in [-0.2, 0) is 6.54 Å². The number of benzene rings is 1. The van der Waals surface area contributed by atoms with Crippen molar-refractivity contribution in [2.24, 2.45) is 10.8 Å². The number of furan rings is 1. The lowest BCUT2D eigenvalue weighted by Gasteiger charge is -2.39. The Labute approximate surface area is 176 Å². The van der Waals surface area contributed by atoms with Crippen LogP contribution in [0.4, 0.5) is 0 Å². The summed E-state index contributed by atoms with van der Waals surface area (Å²) < 4.78 is 7.69. The second-order valence-corrected chi connectivity index (χ2v) is 10.4. The highest BCUT2D eigenvalue weighted by molar-refractivity contribution is 6.31. The van der Waals surface area contributed by atoms with Gasteiger partial charge in [-0.15, -0.1) is 0 Å². The molecule has 2 aromatic heterocycles. The van der Waals surface area contributed by atoms with E-state index in [0.717, 1.165) is 36.0 Å². The number of halogens is 1. The van der Waals surface area contributed by atoms with Crippen LogP contribution in [0.1, 0.15) is 56.1 Å². The highest BCUT2D eigenvalue weighted by atomic mass is 35.5. The molecule has 5 heteroatoms. The van der Waals surface area contributed by atoms with E-state index in [1.807, 2.05) is 36.4 Å². The molecule has 29 heavy (non-hydrogen) atoms. The maximum Gasteiger partial charge on any atom is 0.270 e. The molecule has 2 atom stereocenters. The average Bonchev–Trinajstić information content (AvgIpc) is 3.28. The van der Waals surface area contributed by atoms with Crippen molar-refractivity contribution >= 4 is 28.6 Å². The molecule has 1 aliphatic heterocycles. The molecule has 3 heterocycles. The van der Waals surface area contributed by atoms with Gasteiger partial charge in [0, 0.05) is 36.3 Å². The van der Waals surface area contributed by atoms with Crippen molar-refractivity contribution in [3.8, 4) is 0 Å². The van der Waals surface area contributed by atoms with Crippen molar-refractivity contribution < 1.29 is 9.21 Å². The van der Waals surface area contributed by atoms with Crippen LogP contribution in [-0.4, -0.2) is 28.0 Å². The maximum atomic E-state index is 13.7. The summed E-state index contributed by atoms with van der Waals surface area (Å²) in [5.41, 5.74) is 3.85. The van der Waals surface area contributed by atoms with Crippen molar-refractivity contribution in [3.05, 3.63) is 58.9 Å². The monoisotopic (exact) mass is 410 g/mol. The Bertz CT molecular complexity index is 1100. The van der Waals surface area contributed by atoms with Gasteiger partial charge in [-0.05, 0) is 41.7 Å². The second kappa shape index (κ2) is 6.40. The van der Waals surface area contributed by atoms with Crippen LogP contribution in [0.25, 0.3) is 11.1 Å². The molecule has 2 bridgehead atoms. The van der Waals surface area contributed by atoms with E-state index in [4.69, 9.17) is 16.0 Å². The zero-order valence-electron chi connectivity index (χ0n) is 17.2. The zero-order valence-corrected chi connectivity index (χ0v) is 18.0. The van der Waals surface area contributed by atoms with Crippen molar-refractivity contribution in [2.45, 2.75) is 52.6 Å². The number of rotatable bonds is 3. The minimum absolute atomic E-state index is 0.106. The zero-order chi connectivity index (χ0) is 20.4. The van der Waals surface area contributed by atoms with Crippen LogP contribution >= 0.6 is 11.6 Å². The molecule has 0 radical (unpaired) electrons. The molecule has 152 valence electrons. The number of amides is 1. The van der Waals surface area contributed by atoms with E-state index in [-0.39, 0.29) is 16.7 Å². The Morgan fingerprint density at radius 2 is 2.00 bits per heavy atom. The van der Waals surface area contributed by atoms with Crippen LogP contribution in [0.3, 0.4) is 0 Å². The third-order valence-electron chi connectivity index (χ3n) is 6.70. The first-order valence-corrected chi connectivity index (χ1v) is 10.7. The van der Waals surface area contributed by atoms with Gasteiger partial charge in [-0.1, -0.05) is 50.6 Å². The molecular weight excluding hydrogens is 384 g/mol. The average molecular weight is 411 g/mol. The van der Waals surface area contributed by atoms with Gasteiger partial charge in [-0.2, -0.15) is 0 Å². The van der Waals surface area contributed by atoms with E-state index in [2.05, 4.69) is 30.2 Å². The van der Waals surface area contributed by atoms with E-state index in [1.54, 1.807) is 6.26 Å². The molecule has 1 amide bonds. The topological polar surface area (TPSA) is 38.4 Å². The number of fused-ring (bicyclic) bond motifs is 3. The Morgan fingerprint density at radius 3 is 2.79 bits per heavy atom. The van der Waals surface area contributed by atoms with Crippen molar-refractivity contribution in [2.75, 3.05) is 6.54 Å². The predicted molar refractivity (Wildman–Crippen MR) is 115 cm³/mol. The van der Waals surface area contributed by atoms with Crippen LogP contribution < -0.4 is 0 Å². The SMILES string of the molecule is CC1(C)CC2CC(C)(CN2C(=O)c2cc3occc3n2Cc2ccccc2Cl)C1. The smallest absolute Gasteiger partial charge is 0.270 e. The number of carbonyl (C=O) groups is 1. The van der Waals surface area contributed by atoms with Crippen molar-refractivity contribution in [3.63, 3.8) is 0 Å². The summed E-state index contributed by atoms with van der Waals surface area (Å²) in [4.78, 5) is 15.9. The quantitative estimate of drug-likeness (QED) is 0.533. The standard InChI is InChI=1S/C24H27ClN2O2/c1-23(2)11-17-12-24(3,14-23)15-27(17)22(28)20-10-21-19(8-9-29-21)26(20)13-16-6-4-5-7-18(16)25/h4-10,17H,11-15H2,1-3H3. The maximum absolute atomic E-state index is 13.7. The molecule has 1 aliphatic carbocycles. The van der Waals surface area contributed by atoms with Crippen LogP contribution in [0.2, 0.25) is 5.02 Å². The molecule has 0 N–H and O–H groups in total. The first-order chi connectivity index (χ1) is 13.7. The van der Waals surface area contributed by atoms with E-state index in [0.29, 0.717) is 23.3 Å². The number of nitrogens with zero attached hydrogens (tertiary/aromatic N) is 2. The van der Waals surface area contributed by atoms with Gasteiger partial charge in [0.2, 0.25) is 0 Å².